The van der Waals surface area contributed by atoms with Gasteiger partial charge in [-0.25, -0.2) is 58.3 Å². The number of rotatable bonds is 11. The molecule has 4 saturated heterocycles. The number of alkyl halides is 6. The third kappa shape index (κ3) is 11.7. The lowest BCUT2D eigenvalue weighted by Gasteiger charge is -2.40. The quantitative estimate of drug-likeness (QED) is 0.157. The van der Waals surface area contributed by atoms with Crippen LogP contribution in [0.15, 0.2) is 24.8 Å². The van der Waals surface area contributed by atoms with Crippen molar-refractivity contribution in [3.05, 3.63) is 24.8 Å². The normalized spacial score (nSPS) is 19.6. The summed E-state index contributed by atoms with van der Waals surface area (Å²) in [4.78, 5) is 51.2. The molecule has 10 rings (SSSR count). The number of aromatic nitrogens is 12. The van der Waals surface area contributed by atoms with Gasteiger partial charge < -0.3 is 45.9 Å². The molecule has 0 unspecified atom stereocenters. The maximum atomic E-state index is 13.9. The molecular formula is C43H56F6N20O4S. The molecule has 4 aliphatic heterocycles. The largest absolute Gasteiger partial charge is 0.406 e. The number of hydrogen-bond acceptors (Lipinski definition) is 21. The molecule has 0 radical (unpaired) electrons. The lowest BCUT2D eigenvalue weighted by molar-refractivity contribution is -0.140. The van der Waals surface area contributed by atoms with E-state index in [2.05, 4.69) is 45.2 Å². The first-order chi connectivity index (χ1) is 35.3. The van der Waals surface area contributed by atoms with E-state index < -0.39 is 41.5 Å². The van der Waals surface area contributed by atoms with Crippen molar-refractivity contribution >= 4 is 67.8 Å². The van der Waals surface area contributed by atoms with Gasteiger partial charge in [0, 0.05) is 102 Å². The van der Waals surface area contributed by atoms with E-state index in [-0.39, 0.29) is 77.9 Å². The molecule has 6 aromatic heterocycles. The highest BCUT2D eigenvalue weighted by Gasteiger charge is 2.39. The minimum atomic E-state index is -4.57. The summed E-state index contributed by atoms with van der Waals surface area (Å²) in [7, 11) is -3.48. The number of piperazine rings is 2. The fourth-order valence-electron chi connectivity index (χ4n) is 9.31. The Hall–Kier alpha value is -6.57. The predicted octanol–water partition coefficient (Wildman–Crippen LogP) is 2.58. The molecule has 400 valence electrons. The monoisotopic (exact) mass is 1060 g/mol. The molecule has 0 saturated carbocycles. The van der Waals surface area contributed by atoms with E-state index >= 15 is 0 Å². The Bertz CT molecular complexity index is 3020. The van der Waals surface area contributed by atoms with Crippen LogP contribution in [0.2, 0.25) is 0 Å². The molecule has 31 heteroatoms. The van der Waals surface area contributed by atoms with Crippen LogP contribution in [0.25, 0.3) is 45.1 Å². The molecule has 4 fully saturated rings. The Labute approximate surface area is 420 Å². The number of ether oxygens (including phenoxy) is 2. The van der Waals surface area contributed by atoms with Crippen LogP contribution in [-0.2, 0) is 32.6 Å². The fourth-order valence-corrected chi connectivity index (χ4v) is 10.5. The second-order valence-electron chi connectivity index (χ2n) is 18.1. The number of morpholine rings is 2. The minimum Gasteiger partial charge on any atom is -0.378 e. The molecule has 4 aliphatic rings. The van der Waals surface area contributed by atoms with Gasteiger partial charge in [-0.15, -0.1) is 0 Å². The SMILES string of the molecule is CC[C@H]1CN(c2nc3c(N4CCOCC4)nc(-c4cnc(N)nc4)nc3n2CC(F)(F)F)CCN1.CC[C@H]1CN(c2nc3c(N4CCOCC4)nc(-c4cnc(N)nc4)nc3n2CC(F)(F)F)CCN1S(C)(=O)=O. The summed E-state index contributed by atoms with van der Waals surface area (Å²) >= 11 is 0. The second kappa shape index (κ2) is 21.3. The molecule has 0 aromatic carbocycles. The summed E-state index contributed by atoms with van der Waals surface area (Å²) in [6.07, 6.45) is -0.816. The maximum Gasteiger partial charge on any atom is 0.406 e. The molecule has 74 heavy (non-hydrogen) atoms. The molecule has 24 nitrogen and oxygen atoms in total. The van der Waals surface area contributed by atoms with Crippen LogP contribution in [0.3, 0.4) is 0 Å². The van der Waals surface area contributed by atoms with Crippen molar-refractivity contribution in [1.82, 2.24) is 68.6 Å². The summed E-state index contributed by atoms with van der Waals surface area (Å²) in [5, 5.41) is 3.39. The van der Waals surface area contributed by atoms with E-state index in [1.807, 2.05) is 28.5 Å². The van der Waals surface area contributed by atoms with Crippen LogP contribution >= 0.6 is 0 Å². The van der Waals surface area contributed by atoms with Gasteiger partial charge in [0.05, 0.1) is 43.8 Å². The van der Waals surface area contributed by atoms with Gasteiger partial charge in [0.25, 0.3) is 0 Å². The van der Waals surface area contributed by atoms with Crippen LogP contribution in [0, 0.1) is 0 Å². The number of sulfonamides is 1. The van der Waals surface area contributed by atoms with Gasteiger partial charge in [-0.1, -0.05) is 13.8 Å². The summed E-state index contributed by atoms with van der Waals surface area (Å²) in [5.41, 5.74) is 12.7. The topological polar surface area (TPSA) is 272 Å². The van der Waals surface area contributed by atoms with Gasteiger partial charge in [0.1, 0.15) is 13.1 Å². The lowest BCUT2D eigenvalue weighted by atomic mass is 10.1. The Morgan fingerprint density at radius 1 is 0.608 bits per heavy atom. The number of anilines is 6. The summed E-state index contributed by atoms with van der Waals surface area (Å²) < 4.78 is 122. The number of nitrogens with one attached hydrogen (secondary N) is 1. The van der Waals surface area contributed by atoms with Crippen LogP contribution in [0.5, 0.6) is 0 Å². The first-order valence-electron chi connectivity index (χ1n) is 24.0. The Kier molecular flexibility index (Phi) is 15.1. The first kappa shape index (κ1) is 52.3. The van der Waals surface area contributed by atoms with Crippen molar-refractivity contribution in [2.75, 3.05) is 129 Å². The third-order valence-corrected chi connectivity index (χ3v) is 14.2. The average molecular weight is 1060 g/mol. The number of imidazole rings is 2. The Morgan fingerprint density at radius 2 is 1.05 bits per heavy atom. The van der Waals surface area contributed by atoms with Crippen LogP contribution in [0.4, 0.5) is 61.8 Å². The Balaban J connectivity index is 0.000000183. The standard InChI is InChI=1S/C22H29F3N10O3S.C21H27F3N10O/c1-3-15-12-33(4-5-35(15)39(2,36)37)21-29-16-18(32-6-8-38-9-7-32)30-17(14-10-27-20(26)28-11-14)31-19(16)34(21)13-22(23,24)25;1-2-14-11-33(4-3-26-14)20-29-15-17(32-5-7-35-8-6-32)30-16(13-9-27-19(25)28-10-13)31-18(15)34(20)12-21(22,23)24/h10-11,15H,3-9,12-13H2,1-2H3,(H2,26,27,28);9-10,14,26H,2-8,11-12H2,1H3,(H2,25,27,28)/t15-;14-/m00/s1. The van der Waals surface area contributed by atoms with Crippen molar-refractivity contribution < 1.29 is 44.2 Å². The van der Waals surface area contributed by atoms with Crippen molar-refractivity contribution in [1.29, 1.82) is 0 Å². The summed E-state index contributed by atoms with van der Waals surface area (Å²) in [6.45, 7) is 7.40. The zero-order valence-corrected chi connectivity index (χ0v) is 41.6. The highest BCUT2D eigenvalue weighted by Crippen LogP contribution is 2.36. The number of nitrogens with zero attached hydrogens (tertiary/aromatic N) is 17. The van der Waals surface area contributed by atoms with Gasteiger partial charge >= 0.3 is 12.4 Å². The lowest BCUT2D eigenvalue weighted by Crippen LogP contribution is -2.55. The highest BCUT2D eigenvalue weighted by molar-refractivity contribution is 7.88. The second-order valence-corrected chi connectivity index (χ2v) is 20.0. The van der Waals surface area contributed by atoms with E-state index in [0.717, 1.165) is 21.8 Å². The van der Waals surface area contributed by atoms with Crippen molar-refractivity contribution in [2.45, 2.75) is 64.2 Å². The Morgan fingerprint density at radius 3 is 1.46 bits per heavy atom. The van der Waals surface area contributed by atoms with E-state index in [1.165, 1.54) is 29.1 Å². The summed E-state index contributed by atoms with van der Waals surface area (Å²) in [5.74, 6) is 1.60. The van der Waals surface area contributed by atoms with E-state index in [0.29, 0.717) is 107 Å². The number of nitrogen functional groups attached to an aromatic ring is 2. The molecule has 0 spiro atoms. The van der Waals surface area contributed by atoms with Crippen LogP contribution < -0.4 is 36.4 Å². The maximum absolute atomic E-state index is 13.9. The highest BCUT2D eigenvalue weighted by atomic mass is 32.2. The number of hydrogen-bond donors (Lipinski definition) is 3. The molecule has 10 heterocycles. The van der Waals surface area contributed by atoms with E-state index in [4.69, 9.17) is 30.9 Å². The van der Waals surface area contributed by atoms with Gasteiger partial charge in [-0.3, -0.25) is 9.13 Å². The zero-order valence-electron chi connectivity index (χ0n) is 40.8. The molecule has 6 aromatic rings. The number of halogens is 6. The molecule has 0 bridgehead atoms. The number of nitrogens with two attached hydrogens (primary N) is 2. The molecule has 2 atom stereocenters. The van der Waals surface area contributed by atoms with Crippen LogP contribution in [-0.4, -0.2) is 194 Å². The van der Waals surface area contributed by atoms with Gasteiger partial charge in [-0.2, -0.15) is 30.6 Å². The van der Waals surface area contributed by atoms with E-state index in [1.54, 1.807) is 4.90 Å². The zero-order chi connectivity index (χ0) is 52.5. The van der Waals surface area contributed by atoms with Gasteiger partial charge in [0.2, 0.25) is 33.8 Å². The fraction of sp³-hybridized carbons (Fsp3) is 0.581. The van der Waals surface area contributed by atoms with Crippen molar-refractivity contribution in [3.63, 3.8) is 0 Å². The molecule has 0 amide bonds. The molecular weight excluding hydrogens is 1010 g/mol. The average Bonchev–Trinajstić information content (AvgIpc) is 3.92. The summed E-state index contributed by atoms with van der Waals surface area (Å²) in [6, 6.07) is -0.254. The smallest absolute Gasteiger partial charge is 0.378 e. The molecule has 0 aliphatic carbocycles. The van der Waals surface area contributed by atoms with Gasteiger partial charge in [0.15, 0.2) is 45.6 Å². The van der Waals surface area contributed by atoms with Crippen molar-refractivity contribution in [3.8, 4) is 22.8 Å². The minimum absolute atomic E-state index is 0.00392. The van der Waals surface area contributed by atoms with Crippen molar-refractivity contribution in [2.24, 2.45) is 0 Å². The van der Waals surface area contributed by atoms with Gasteiger partial charge in [-0.05, 0) is 12.8 Å². The third-order valence-electron chi connectivity index (χ3n) is 12.9. The molecule has 5 N–H and O–H groups in total. The number of fused-ring (bicyclic) bond motifs is 2. The first-order valence-corrected chi connectivity index (χ1v) is 25.8. The predicted molar refractivity (Wildman–Crippen MR) is 262 cm³/mol. The van der Waals surface area contributed by atoms with Crippen LogP contribution in [0.1, 0.15) is 26.7 Å². The van der Waals surface area contributed by atoms with E-state index in [9.17, 15) is 34.8 Å².